The fraction of sp³-hybridized carbons (Fsp3) is 0.522. The molecule has 0 aliphatic carbocycles. The lowest BCUT2D eigenvalue weighted by atomic mass is 9.92. The van der Waals surface area contributed by atoms with E-state index in [1.807, 2.05) is 53.1 Å². The summed E-state index contributed by atoms with van der Waals surface area (Å²) in [5.41, 5.74) is 0.997. The van der Waals surface area contributed by atoms with Crippen molar-refractivity contribution in [1.29, 1.82) is 0 Å². The Morgan fingerprint density at radius 1 is 0.931 bits per heavy atom. The maximum Gasteiger partial charge on any atom is 0.309 e. The van der Waals surface area contributed by atoms with E-state index in [1.165, 1.54) is 0 Å². The van der Waals surface area contributed by atoms with E-state index in [2.05, 4.69) is 0 Å². The molecule has 0 bridgehead atoms. The highest BCUT2D eigenvalue weighted by atomic mass is 16.5. The largest absolute Gasteiger partial charge is 0.466 e. The van der Waals surface area contributed by atoms with E-state index in [0.717, 1.165) is 5.56 Å². The Morgan fingerprint density at radius 3 is 2.14 bits per heavy atom. The van der Waals surface area contributed by atoms with Gasteiger partial charge in [-0.15, -0.1) is 0 Å². The lowest BCUT2D eigenvalue weighted by Gasteiger charge is -2.36. The molecule has 1 aromatic carbocycles. The van der Waals surface area contributed by atoms with Crippen LogP contribution in [-0.2, 0) is 19.1 Å². The standard InChI is InChI=1S/C23H30N2O4/c1-2-29-23(28)20-12-16-25(17-13-20)22(27)19-10-14-24(15-11-19)21(26)9-8-18-6-4-3-5-7-18/h3-9,19-20H,2,10-17H2,1H3/b9-8+. The van der Waals surface area contributed by atoms with Crippen LogP contribution in [0, 0.1) is 11.8 Å². The van der Waals surface area contributed by atoms with Crippen molar-refractivity contribution >= 4 is 23.9 Å². The van der Waals surface area contributed by atoms with Gasteiger partial charge in [-0.1, -0.05) is 30.3 Å². The number of esters is 1. The predicted octanol–water partition coefficient (Wildman–Crippen LogP) is 2.74. The number of likely N-dealkylation sites (tertiary alicyclic amines) is 2. The molecule has 6 nitrogen and oxygen atoms in total. The highest BCUT2D eigenvalue weighted by Gasteiger charge is 2.33. The molecule has 0 saturated carbocycles. The fourth-order valence-corrected chi connectivity index (χ4v) is 4.04. The average Bonchev–Trinajstić information content (AvgIpc) is 2.78. The first-order chi connectivity index (χ1) is 14.1. The van der Waals surface area contributed by atoms with Gasteiger partial charge in [-0.05, 0) is 44.2 Å². The topological polar surface area (TPSA) is 66.9 Å². The molecule has 0 atom stereocenters. The molecule has 0 N–H and O–H groups in total. The normalized spacial score (nSPS) is 18.8. The molecule has 2 aliphatic rings. The first-order valence-corrected chi connectivity index (χ1v) is 10.6. The summed E-state index contributed by atoms with van der Waals surface area (Å²) in [7, 11) is 0. The van der Waals surface area contributed by atoms with Crippen LogP contribution in [0.3, 0.4) is 0 Å². The predicted molar refractivity (Wildman–Crippen MR) is 111 cm³/mol. The van der Waals surface area contributed by atoms with E-state index in [1.54, 1.807) is 6.08 Å². The van der Waals surface area contributed by atoms with Crippen LogP contribution in [0.1, 0.15) is 38.2 Å². The number of piperidine rings is 2. The molecule has 0 unspecified atom stereocenters. The summed E-state index contributed by atoms with van der Waals surface area (Å²) >= 11 is 0. The summed E-state index contributed by atoms with van der Waals surface area (Å²) in [6, 6.07) is 9.74. The molecular weight excluding hydrogens is 368 g/mol. The van der Waals surface area contributed by atoms with Crippen LogP contribution >= 0.6 is 0 Å². The molecule has 2 fully saturated rings. The molecule has 156 valence electrons. The van der Waals surface area contributed by atoms with E-state index >= 15 is 0 Å². The first-order valence-electron chi connectivity index (χ1n) is 10.6. The molecule has 0 spiro atoms. The van der Waals surface area contributed by atoms with Gasteiger partial charge in [0.05, 0.1) is 12.5 Å². The number of nitrogens with zero attached hydrogens (tertiary/aromatic N) is 2. The van der Waals surface area contributed by atoms with Gasteiger partial charge >= 0.3 is 5.97 Å². The second-order valence-electron chi connectivity index (χ2n) is 7.70. The summed E-state index contributed by atoms with van der Waals surface area (Å²) in [5, 5.41) is 0. The maximum atomic E-state index is 12.8. The van der Waals surface area contributed by atoms with Crippen LogP contribution in [0.25, 0.3) is 6.08 Å². The SMILES string of the molecule is CCOC(=O)C1CCN(C(=O)C2CCN(C(=O)/C=C/c3ccccc3)CC2)CC1. The number of amides is 2. The number of carbonyl (C=O) groups excluding carboxylic acids is 3. The average molecular weight is 399 g/mol. The molecular formula is C23H30N2O4. The van der Waals surface area contributed by atoms with Crippen molar-refractivity contribution in [3.63, 3.8) is 0 Å². The maximum absolute atomic E-state index is 12.8. The van der Waals surface area contributed by atoms with Crippen LogP contribution in [0.4, 0.5) is 0 Å². The lowest BCUT2D eigenvalue weighted by molar-refractivity contribution is -0.152. The van der Waals surface area contributed by atoms with Crippen LogP contribution in [0.5, 0.6) is 0 Å². The highest BCUT2D eigenvalue weighted by molar-refractivity contribution is 5.92. The Hall–Kier alpha value is -2.63. The molecule has 2 saturated heterocycles. The molecule has 0 aromatic heterocycles. The second kappa shape index (κ2) is 10.2. The van der Waals surface area contributed by atoms with Crippen LogP contribution in [-0.4, -0.2) is 60.4 Å². The molecule has 3 rings (SSSR count). The third-order valence-electron chi connectivity index (χ3n) is 5.80. The number of ether oxygens (including phenoxy) is 1. The van der Waals surface area contributed by atoms with E-state index in [0.29, 0.717) is 58.5 Å². The van der Waals surface area contributed by atoms with Crippen molar-refractivity contribution in [3.05, 3.63) is 42.0 Å². The van der Waals surface area contributed by atoms with Gasteiger partial charge in [0.25, 0.3) is 0 Å². The number of hydrogen-bond acceptors (Lipinski definition) is 4. The minimum Gasteiger partial charge on any atom is -0.466 e. The van der Waals surface area contributed by atoms with Crippen molar-refractivity contribution in [3.8, 4) is 0 Å². The summed E-state index contributed by atoms with van der Waals surface area (Å²) < 4.78 is 5.09. The van der Waals surface area contributed by atoms with Gasteiger partial charge in [-0.3, -0.25) is 14.4 Å². The van der Waals surface area contributed by atoms with Gasteiger partial charge in [-0.2, -0.15) is 0 Å². The Morgan fingerprint density at radius 2 is 1.52 bits per heavy atom. The van der Waals surface area contributed by atoms with E-state index < -0.39 is 0 Å². The van der Waals surface area contributed by atoms with Gasteiger partial charge < -0.3 is 14.5 Å². The molecule has 0 radical (unpaired) electrons. The fourth-order valence-electron chi connectivity index (χ4n) is 4.04. The molecule has 29 heavy (non-hydrogen) atoms. The molecule has 2 aliphatic heterocycles. The number of benzene rings is 1. The van der Waals surface area contributed by atoms with Crippen molar-refractivity contribution < 1.29 is 19.1 Å². The molecule has 6 heteroatoms. The van der Waals surface area contributed by atoms with E-state index in [-0.39, 0.29) is 29.6 Å². The molecule has 1 aromatic rings. The van der Waals surface area contributed by atoms with Crippen molar-refractivity contribution in [2.75, 3.05) is 32.8 Å². The second-order valence-corrected chi connectivity index (χ2v) is 7.70. The number of rotatable bonds is 5. The zero-order valence-electron chi connectivity index (χ0n) is 17.1. The van der Waals surface area contributed by atoms with Gasteiger partial charge in [0, 0.05) is 38.2 Å². The Kier molecular flexibility index (Phi) is 7.44. The van der Waals surface area contributed by atoms with Crippen LogP contribution < -0.4 is 0 Å². The summed E-state index contributed by atoms with van der Waals surface area (Å²) in [5.74, 6) is -0.101. The van der Waals surface area contributed by atoms with E-state index in [9.17, 15) is 14.4 Å². The lowest BCUT2D eigenvalue weighted by Crippen LogP contribution is -2.47. The summed E-state index contributed by atoms with van der Waals surface area (Å²) in [4.78, 5) is 40.8. The quantitative estimate of drug-likeness (QED) is 0.565. The smallest absolute Gasteiger partial charge is 0.309 e. The number of carbonyl (C=O) groups is 3. The van der Waals surface area contributed by atoms with Gasteiger partial charge in [-0.25, -0.2) is 0 Å². The molecule has 2 heterocycles. The minimum atomic E-state index is -0.144. The number of hydrogen-bond donors (Lipinski definition) is 0. The van der Waals surface area contributed by atoms with Gasteiger partial charge in [0.1, 0.15) is 0 Å². The zero-order chi connectivity index (χ0) is 20.6. The van der Waals surface area contributed by atoms with Crippen molar-refractivity contribution in [2.24, 2.45) is 11.8 Å². The van der Waals surface area contributed by atoms with Gasteiger partial charge in [0.15, 0.2) is 0 Å². The third kappa shape index (κ3) is 5.68. The van der Waals surface area contributed by atoms with Crippen LogP contribution in [0.2, 0.25) is 0 Å². The van der Waals surface area contributed by atoms with Gasteiger partial charge in [0.2, 0.25) is 11.8 Å². The van der Waals surface area contributed by atoms with E-state index in [4.69, 9.17) is 4.74 Å². The highest BCUT2D eigenvalue weighted by Crippen LogP contribution is 2.24. The zero-order valence-corrected chi connectivity index (χ0v) is 17.1. The van der Waals surface area contributed by atoms with Crippen molar-refractivity contribution in [2.45, 2.75) is 32.6 Å². The summed E-state index contributed by atoms with van der Waals surface area (Å²) in [6.45, 7) is 4.64. The minimum absolute atomic E-state index is 0.00463. The monoisotopic (exact) mass is 398 g/mol. The Balaban J connectivity index is 1.43. The molecule has 2 amide bonds. The Bertz CT molecular complexity index is 731. The Labute approximate surface area is 172 Å². The third-order valence-corrected chi connectivity index (χ3v) is 5.80. The van der Waals surface area contributed by atoms with Crippen molar-refractivity contribution in [1.82, 2.24) is 9.80 Å². The first kappa shape index (κ1) is 21.1. The van der Waals surface area contributed by atoms with Crippen LogP contribution in [0.15, 0.2) is 36.4 Å². The summed E-state index contributed by atoms with van der Waals surface area (Å²) in [6.07, 6.45) is 6.17.